The van der Waals surface area contributed by atoms with Crippen molar-refractivity contribution in [2.45, 2.75) is 25.4 Å². The number of benzene rings is 3. The lowest BCUT2D eigenvalue weighted by atomic mass is 9.84. The van der Waals surface area contributed by atoms with Crippen LogP contribution >= 0.6 is 0 Å². The summed E-state index contributed by atoms with van der Waals surface area (Å²) >= 11 is 0. The van der Waals surface area contributed by atoms with Crippen molar-refractivity contribution < 1.29 is 4.39 Å². The lowest BCUT2D eigenvalue weighted by molar-refractivity contribution is 0.0720. The van der Waals surface area contributed by atoms with Crippen LogP contribution in [0, 0.1) is 11.7 Å². The Hall–Kier alpha value is -3.28. The fraction of sp³-hybridized carbons (Fsp3) is 0.276. The van der Waals surface area contributed by atoms with E-state index in [2.05, 4.69) is 46.6 Å². The first-order valence-electron chi connectivity index (χ1n) is 12.2. The maximum absolute atomic E-state index is 15.0. The van der Waals surface area contributed by atoms with E-state index in [1.165, 1.54) is 37.6 Å². The van der Waals surface area contributed by atoms with Crippen LogP contribution in [-0.4, -0.2) is 40.4 Å². The van der Waals surface area contributed by atoms with Crippen molar-refractivity contribution in [3.8, 4) is 28.1 Å². The van der Waals surface area contributed by atoms with Crippen LogP contribution in [-0.2, 0) is 6.54 Å². The summed E-state index contributed by atoms with van der Waals surface area (Å²) in [6.45, 7) is 4.23. The van der Waals surface area contributed by atoms with Crippen molar-refractivity contribution in [1.82, 2.24) is 20.0 Å². The zero-order valence-corrected chi connectivity index (χ0v) is 19.2. The van der Waals surface area contributed by atoms with Crippen molar-refractivity contribution in [2.75, 3.05) is 19.6 Å². The normalized spacial score (nSPS) is 21.6. The molecule has 34 heavy (non-hydrogen) atoms. The van der Waals surface area contributed by atoms with E-state index in [9.17, 15) is 4.39 Å². The zero-order chi connectivity index (χ0) is 22.9. The highest BCUT2D eigenvalue weighted by molar-refractivity contribution is 5.68. The Kier molecular flexibility index (Phi) is 5.73. The highest BCUT2D eigenvalue weighted by Gasteiger charge is 2.33. The number of halogens is 1. The molecule has 5 heteroatoms. The summed E-state index contributed by atoms with van der Waals surface area (Å²) < 4.78 is 16.8. The van der Waals surface area contributed by atoms with Crippen LogP contribution in [0.5, 0.6) is 0 Å². The molecule has 3 aliphatic heterocycles. The molecule has 0 spiro atoms. The fourth-order valence-electron chi connectivity index (χ4n) is 5.51. The summed E-state index contributed by atoms with van der Waals surface area (Å²) in [5.74, 6) is 0.511. The molecule has 0 amide bonds. The van der Waals surface area contributed by atoms with E-state index in [0.717, 1.165) is 35.0 Å². The number of nitrogens with one attached hydrogen (secondary N) is 1. The molecule has 0 radical (unpaired) electrons. The predicted octanol–water partition coefficient (Wildman–Crippen LogP) is 5.53. The molecule has 3 aliphatic rings. The van der Waals surface area contributed by atoms with Crippen molar-refractivity contribution in [3.63, 3.8) is 0 Å². The van der Waals surface area contributed by atoms with Gasteiger partial charge in [0.15, 0.2) is 0 Å². The Morgan fingerprint density at radius 3 is 2.26 bits per heavy atom. The minimum atomic E-state index is -0.228. The monoisotopic (exact) mass is 452 g/mol. The van der Waals surface area contributed by atoms with E-state index >= 15 is 0 Å². The summed E-state index contributed by atoms with van der Waals surface area (Å²) in [5, 5.41) is 8.49. The number of aromatic nitrogens is 2. The Morgan fingerprint density at radius 2 is 1.56 bits per heavy atom. The summed E-state index contributed by atoms with van der Waals surface area (Å²) in [6, 6.07) is 26.1. The number of rotatable bonds is 6. The summed E-state index contributed by atoms with van der Waals surface area (Å²) in [4.78, 5) is 2.55. The molecular weight excluding hydrogens is 423 g/mol. The first-order valence-corrected chi connectivity index (χ1v) is 12.2. The van der Waals surface area contributed by atoms with Gasteiger partial charge in [0.2, 0.25) is 0 Å². The molecular formula is C29H29FN4. The van der Waals surface area contributed by atoms with Gasteiger partial charge in [-0.25, -0.2) is 9.07 Å². The molecule has 1 aromatic heterocycles. The molecule has 3 aromatic carbocycles. The van der Waals surface area contributed by atoms with Crippen LogP contribution in [0.4, 0.5) is 4.39 Å². The molecule has 4 nitrogen and oxygen atoms in total. The van der Waals surface area contributed by atoms with Crippen molar-refractivity contribution in [3.05, 3.63) is 96.4 Å². The van der Waals surface area contributed by atoms with E-state index in [0.29, 0.717) is 18.2 Å². The maximum Gasteiger partial charge on any atom is 0.132 e. The lowest BCUT2D eigenvalue weighted by Crippen LogP contribution is -2.55. The van der Waals surface area contributed by atoms with E-state index in [4.69, 9.17) is 5.10 Å². The molecule has 1 unspecified atom stereocenters. The van der Waals surface area contributed by atoms with E-state index in [1.807, 2.05) is 41.2 Å². The van der Waals surface area contributed by atoms with E-state index < -0.39 is 0 Å². The number of nitrogens with zero attached hydrogens (tertiary/aromatic N) is 3. The van der Waals surface area contributed by atoms with Crippen molar-refractivity contribution in [2.24, 2.45) is 5.92 Å². The third-order valence-corrected chi connectivity index (χ3v) is 7.40. The largest absolute Gasteiger partial charge is 0.308 e. The molecule has 1 atom stereocenters. The quantitative estimate of drug-likeness (QED) is 0.418. The molecule has 4 heterocycles. The first kappa shape index (κ1) is 21.3. The molecule has 2 bridgehead atoms. The summed E-state index contributed by atoms with van der Waals surface area (Å²) in [7, 11) is 0. The van der Waals surface area contributed by atoms with Gasteiger partial charge in [-0.1, -0.05) is 54.6 Å². The SMILES string of the molecule is Fc1ccccc1-c1c(CNC2CN3CCC2CC3)cnn1-c1ccc(-c2ccccc2)cc1. The molecule has 0 aliphatic carbocycles. The van der Waals surface area contributed by atoms with Gasteiger partial charge in [-0.3, -0.25) is 0 Å². The van der Waals surface area contributed by atoms with Gasteiger partial charge < -0.3 is 10.2 Å². The highest BCUT2D eigenvalue weighted by Crippen LogP contribution is 2.31. The average Bonchev–Trinajstić information content (AvgIpc) is 3.33. The smallest absolute Gasteiger partial charge is 0.132 e. The third-order valence-electron chi connectivity index (χ3n) is 7.40. The van der Waals surface area contributed by atoms with Gasteiger partial charge in [-0.05, 0) is 67.2 Å². The van der Waals surface area contributed by atoms with Crippen LogP contribution in [0.15, 0.2) is 85.1 Å². The Bertz CT molecular complexity index is 1260. The number of fused-ring (bicyclic) bond motifs is 3. The summed E-state index contributed by atoms with van der Waals surface area (Å²) in [6.07, 6.45) is 4.43. The van der Waals surface area contributed by atoms with Gasteiger partial charge in [-0.15, -0.1) is 0 Å². The third kappa shape index (κ3) is 4.06. The molecule has 0 saturated carbocycles. The van der Waals surface area contributed by atoms with Gasteiger partial charge in [0.05, 0.1) is 17.6 Å². The number of hydrogen-bond acceptors (Lipinski definition) is 3. The second-order valence-corrected chi connectivity index (χ2v) is 9.45. The van der Waals surface area contributed by atoms with E-state index in [-0.39, 0.29) is 5.82 Å². The van der Waals surface area contributed by atoms with Gasteiger partial charge >= 0.3 is 0 Å². The predicted molar refractivity (Wildman–Crippen MR) is 134 cm³/mol. The Balaban J connectivity index is 1.33. The van der Waals surface area contributed by atoms with Gasteiger partial charge in [0.1, 0.15) is 5.82 Å². The Morgan fingerprint density at radius 1 is 0.853 bits per heavy atom. The molecule has 3 fully saturated rings. The van der Waals surface area contributed by atoms with E-state index in [1.54, 1.807) is 6.07 Å². The van der Waals surface area contributed by atoms with Crippen LogP contribution < -0.4 is 5.32 Å². The highest BCUT2D eigenvalue weighted by atomic mass is 19.1. The van der Waals surface area contributed by atoms with Crippen LogP contribution in [0.25, 0.3) is 28.1 Å². The first-order chi connectivity index (χ1) is 16.8. The second kappa shape index (κ2) is 9.16. The average molecular weight is 453 g/mol. The minimum Gasteiger partial charge on any atom is -0.308 e. The second-order valence-electron chi connectivity index (χ2n) is 9.45. The number of hydrogen-bond donors (Lipinski definition) is 1. The van der Waals surface area contributed by atoms with Gasteiger partial charge in [0.25, 0.3) is 0 Å². The fourth-order valence-corrected chi connectivity index (χ4v) is 5.51. The zero-order valence-electron chi connectivity index (χ0n) is 19.2. The minimum absolute atomic E-state index is 0.228. The maximum atomic E-state index is 15.0. The van der Waals surface area contributed by atoms with Gasteiger partial charge in [0, 0.05) is 30.3 Å². The molecule has 3 saturated heterocycles. The molecule has 172 valence electrons. The van der Waals surface area contributed by atoms with Crippen molar-refractivity contribution >= 4 is 0 Å². The van der Waals surface area contributed by atoms with Crippen LogP contribution in [0.2, 0.25) is 0 Å². The lowest BCUT2D eigenvalue weighted by Gasteiger charge is -2.45. The topological polar surface area (TPSA) is 33.1 Å². The molecule has 7 rings (SSSR count). The number of piperidine rings is 3. The van der Waals surface area contributed by atoms with Crippen LogP contribution in [0.3, 0.4) is 0 Å². The standard InChI is InChI=1S/C29H29FN4/c30-27-9-5-4-8-26(27)29-24(18-31-28-20-33-16-14-23(28)15-17-33)19-32-34(29)25-12-10-22(11-13-25)21-6-2-1-3-7-21/h1-13,19,23,28,31H,14-18,20H2. The Labute approximate surface area is 200 Å². The molecule has 4 aromatic rings. The van der Waals surface area contributed by atoms with Crippen LogP contribution in [0.1, 0.15) is 18.4 Å². The van der Waals surface area contributed by atoms with Crippen molar-refractivity contribution in [1.29, 1.82) is 0 Å². The van der Waals surface area contributed by atoms with Gasteiger partial charge in [-0.2, -0.15) is 5.10 Å². The summed E-state index contributed by atoms with van der Waals surface area (Å²) in [5.41, 5.74) is 5.66. The molecule has 1 N–H and O–H groups in total.